The Morgan fingerprint density at radius 2 is 1.62 bits per heavy atom. The van der Waals surface area contributed by atoms with Crippen LogP contribution in [0.4, 0.5) is 11.8 Å². The quantitative estimate of drug-likeness (QED) is 0.326. The van der Waals surface area contributed by atoms with Crippen molar-refractivity contribution in [3.05, 3.63) is 99.9 Å². The first-order valence-corrected chi connectivity index (χ1v) is 10.4. The third kappa shape index (κ3) is 3.70. The number of aryl methyl sites for hydroxylation is 1. The number of rotatable bonds is 5. The summed E-state index contributed by atoms with van der Waals surface area (Å²) in [6.45, 7) is 2.05. The van der Waals surface area contributed by atoms with Gasteiger partial charge in [-0.2, -0.15) is 5.10 Å². The van der Waals surface area contributed by atoms with Crippen LogP contribution in [0.5, 0.6) is 0 Å². The molecule has 0 spiro atoms. The number of nitrogens with one attached hydrogen (secondary N) is 3. The van der Waals surface area contributed by atoms with Crippen molar-refractivity contribution in [2.75, 3.05) is 10.9 Å². The van der Waals surface area contributed by atoms with E-state index >= 15 is 0 Å². The zero-order valence-electron chi connectivity index (χ0n) is 17.1. The summed E-state index contributed by atoms with van der Waals surface area (Å²) in [4.78, 5) is 16.6. The second-order valence-electron chi connectivity index (χ2n) is 7.34. The number of H-pyrrole nitrogens is 1. The minimum atomic E-state index is -0.239. The molecule has 0 aliphatic carbocycles. The average molecular weight is 443 g/mol. The van der Waals surface area contributed by atoms with E-state index in [0.717, 1.165) is 16.9 Å². The van der Waals surface area contributed by atoms with Gasteiger partial charge in [0.05, 0.1) is 17.3 Å². The molecular formula is C24H19ClN6O. The van der Waals surface area contributed by atoms with E-state index in [9.17, 15) is 4.79 Å². The maximum atomic E-state index is 12.1. The van der Waals surface area contributed by atoms with E-state index in [0.29, 0.717) is 27.6 Å². The summed E-state index contributed by atoms with van der Waals surface area (Å²) in [6, 6.07) is 23.1. The largest absolute Gasteiger partial charge is 0.280 e. The number of nitrogens with zero attached hydrogens (tertiary/aromatic N) is 3. The monoisotopic (exact) mass is 442 g/mol. The molecule has 0 unspecified atom stereocenters. The lowest BCUT2D eigenvalue weighted by Gasteiger charge is -2.15. The molecule has 0 saturated carbocycles. The Morgan fingerprint density at radius 1 is 0.906 bits per heavy atom. The van der Waals surface area contributed by atoms with Crippen LogP contribution in [-0.4, -0.2) is 19.7 Å². The Kier molecular flexibility index (Phi) is 5.09. The van der Waals surface area contributed by atoms with E-state index in [2.05, 4.69) is 38.2 Å². The first-order valence-electron chi connectivity index (χ1n) is 10.0. The van der Waals surface area contributed by atoms with Gasteiger partial charge in [-0.15, -0.1) is 0 Å². The molecule has 0 saturated heterocycles. The molecule has 0 aliphatic rings. The SMILES string of the molecule is Cc1ccc(-n2c(-c3ccc(Cl)cc3)cnc2NNc2n[nH]c(=O)c3ccccc23)cc1. The van der Waals surface area contributed by atoms with Gasteiger partial charge in [0, 0.05) is 21.7 Å². The molecule has 3 N–H and O–H groups in total. The molecule has 32 heavy (non-hydrogen) atoms. The summed E-state index contributed by atoms with van der Waals surface area (Å²) in [7, 11) is 0. The average Bonchev–Trinajstić information content (AvgIpc) is 3.24. The van der Waals surface area contributed by atoms with Gasteiger partial charge < -0.3 is 0 Å². The predicted octanol–water partition coefficient (Wildman–Crippen LogP) is 5.18. The third-order valence-corrected chi connectivity index (χ3v) is 5.43. The maximum Gasteiger partial charge on any atom is 0.272 e. The van der Waals surface area contributed by atoms with Crippen LogP contribution in [0.3, 0.4) is 0 Å². The number of aromatic nitrogens is 4. The van der Waals surface area contributed by atoms with Gasteiger partial charge in [0.1, 0.15) is 0 Å². The highest BCUT2D eigenvalue weighted by atomic mass is 35.5. The van der Waals surface area contributed by atoms with Crippen molar-refractivity contribution in [2.24, 2.45) is 0 Å². The van der Waals surface area contributed by atoms with Gasteiger partial charge in [0.2, 0.25) is 5.95 Å². The Hall–Kier alpha value is -4.10. The molecule has 158 valence electrons. The van der Waals surface area contributed by atoms with Crippen molar-refractivity contribution in [1.29, 1.82) is 0 Å². The summed E-state index contributed by atoms with van der Waals surface area (Å²) in [5.41, 5.74) is 9.98. The number of aromatic amines is 1. The standard InChI is InChI=1S/C24H19ClN6O/c1-15-6-12-18(13-7-15)31-21(16-8-10-17(25)11-9-16)14-26-24(31)30-28-22-19-4-2-3-5-20(19)23(32)29-27-22/h2-14H,1H3,(H,26,30)(H,27,28)(H,29,32). The molecule has 8 heteroatoms. The van der Waals surface area contributed by atoms with Gasteiger partial charge in [-0.3, -0.25) is 20.2 Å². The Bertz CT molecular complexity index is 1460. The summed E-state index contributed by atoms with van der Waals surface area (Å²) in [5, 5.41) is 8.60. The Labute approximate surface area is 188 Å². The van der Waals surface area contributed by atoms with Crippen molar-refractivity contribution in [3.8, 4) is 16.9 Å². The lowest BCUT2D eigenvalue weighted by atomic mass is 10.1. The first kappa shape index (κ1) is 19.8. The first-order chi connectivity index (χ1) is 15.6. The number of benzene rings is 3. The minimum Gasteiger partial charge on any atom is -0.280 e. The zero-order valence-corrected chi connectivity index (χ0v) is 17.9. The van der Waals surface area contributed by atoms with E-state index in [-0.39, 0.29) is 5.56 Å². The van der Waals surface area contributed by atoms with Gasteiger partial charge in [-0.25, -0.2) is 10.1 Å². The van der Waals surface area contributed by atoms with Gasteiger partial charge in [-0.1, -0.05) is 59.6 Å². The van der Waals surface area contributed by atoms with E-state index in [4.69, 9.17) is 11.6 Å². The molecule has 0 aliphatic heterocycles. The summed E-state index contributed by atoms with van der Waals surface area (Å²) in [5.74, 6) is 1.06. The molecule has 0 bridgehead atoms. The minimum absolute atomic E-state index is 0.239. The van der Waals surface area contributed by atoms with Crippen LogP contribution in [0.15, 0.2) is 83.8 Å². The number of anilines is 2. The highest BCUT2D eigenvalue weighted by Gasteiger charge is 2.15. The topological polar surface area (TPSA) is 87.6 Å². The number of halogens is 1. The van der Waals surface area contributed by atoms with Crippen molar-refractivity contribution in [2.45, 2.75) is 6.92 Å². The fraction of sp³-hybridized carbons (Fsp3) is 0.0417. The maximum absolute atomic E-state index is 12.1. The molecule has 0 radical (unpaired) electrons. The highest BCUT2D eigenvalue weighted by Crippen LogP contribution is 2.29. The van der Waals surface area contributed by atoms with Crippen molar-refractivity contribution in [1.82, 2.24) is 19.7 Å². The van der Waals surface area contributed by atoms with E-state index in [1.807, 2.05) is 66.1 Å². The van der Waals surface area contributed by atoms with Crippen LogP contribution in [0.25, 0.3) is 27.7 Å². The number of fused-ring (bicyclic) bond motifs is 1. The van der Waals surface area contributed by atoms with Crippen molar-refractivity contribution < 1.29 is 0 Å². The van der Waals surface area contributed by atoms with Gasteiger partial charge in [0.15, 0.2) is 5.82 Å². The molecular weight excluding hydrogens is 424 g/mol. The van der Waals surface area contributed by atoms with E-state index < -0.39 is 0 Å². The highest BCUT2D eigenvalue weighted by molar-refractivity contribution is 6.30. The molecule has 2 heterocycles. The summed E-state index contributed by atoms with van der Waals surface area (Å²) < 4.78 is 2.00. The predicted molar refractivity (Wildman–Crippen MR) is 128 cm³/mol. The zero-order chi connectivity index (χ0) is 22.1. The van der Waals surface area contributed by atoms with Crippen molar-refractivity contribution in [3.63, 3.8) is 0 Å². The summed E-state index contributed by atoms with van der Waals surface area (Å²) >= 11 is 6.08. The lowest BCUT2D eigenvalue weighted by molar-refractivity contribution is 0.998. The molecule has 3 aromatic carbocycles. The van der Waals surface area contributed by atoms with Crippen LogP contribution < -0.4 is 16.4 Å². The van der Waals surface area contributed by atoms with Gasteiger partial charge >= 0.3 is 0 Å². The second kappa shape index (κ2) is 8.20. The number of hydrogen-bond donors (Lipinski definition) is 3. The molecule has 0 amide bonds. The lowest BCUT2D eigenvalue weighted by Crippen LogP contribution is -2.18. The Morgan fingerprint density at radius 3 is 2.38 bits per heavy atom. The number of imidazole rings is 1. The second-order valence-corrected chi connectivity index (χ2v) is 7.78. The molecule has 5 rings (SSSR count). The smallest absolute Gasteiger partial charge is 0.272 e. The fourth-order valence-corrected chi connectivity index (χ4v) is 3.67. The number of hydrogen-bond acceptors (Lipinski definition) is 5. The van der Waals surface area contributed by atoms with Crippen LogP contribution in [-0.2, 0) is 0 Å². The van der Waals surface area contributed by atoms with Crippen molar-refractivity contribution >= 4 is 34.1 Å². The third-order valence-electron chi connectivity index (χ3n) is 5.18. The number of hydrazine groups is 1. The van der Waals surface area contributed by atoms with Crippen LogP contribution in [0, 0.1) is 6.92 Å². The van der Waals surface area contributed by atoms with Crippen LogP contribution >= 0.6 is 11.6 Å². The van der Waals surface area contributed by atoms with Crippen LogP contribution in [0.1, 0.15) is 5.56 Å². The molecule has 5 aromatic rings. The fourth-order valence-electron chi connectivity index (χ4n) is 3.54. The summed E-state index contributed by atoms with van der Waals surface area (Å²) in [6.07, 6.45) is 1.80. The normalized spacial score (nSPS) is 10.9. The van der Waals surface area contributed by atoms with Gasteiger partial charge in [-0.05, 0) is 37.3 Å². The van der Waals surface area contributed by atoms with E-state index in [1.165, 1.54) is 5.56 Å². The molecule has 0 atom stereocenters. The van der Waals surface area contributed by atoms with E-state index in [1.54, 1.807) is 12.3 Å². The molecule has 2 aromatic heterocycles. The molecule has 7 nitrogen and oxygen atoms in total. The van der Waals surface area contributed by atoms with Crippen LogP contribution in [0.2, 0.25) is 5.02 Å². The van der Waals surface area contributed by atoms with Gasteiger partial charge in [0.25, 0.3) is 5.56 Å². The Balaban J connectivity index is 1.56. The molecule has 0 fully saturated rings.